The normalized spacial score (nSPS) is 12.2. The van der Waals surface area contributed by atoms with Crippen molar-refractivity contribution in [3.63, 3.8) is 0 Å². The molecule has 7 heteroatoms. The van der Waals surface area contributed by atoms with Gasteiger partial charge in [-0.05, 0) is 24.6 Å². The van der Waals surface area contributed by atoms with Gasteiger partial charge < -0.3 is 20.1 Å². The number of benzene rings is 1. The number of rotatable bonds is 9. The molecule has 0 aliphatic heterocycles. The second-order valence-electron chi connectivity index (χ2n) is 4.39. The smallest absolute Gasteiger partial charge is 0.387 e. The minimum Gasteiger partial charge on any atom is -0.435 e. The van der Waals surface area contributed by atoms with Gasteiger partial charge in [-0.3, -0.25) is 4.79 Å². The molecule has 0 fully saturated rings. The van der Waals surface area contributed by atoms with Crippen LogP contribution in [0.5, 0.6) is 5.75 Å². The van der Waals surface area contributed by atoms with Gasteiger partial charge in [0.1, 0.15) is 5.75 Å². The molecule has 1 atom stereocenters. The molecule has 0 saturated heterocycles. The lowest BCUT2D eigenvalue weighted by atomic mass is 10.1. The number of halogens is 2. The molecule has 0 bridgehead atoms. The first-order valence-electron chi connectivity index (χ1n) is 6.56. The van der Waals surface area contributed by atoms with Crippen molar-refractivity contribution in [3.05, 3.63) is 29.8 Å². The molecule has 2 N–H and O–H groups in total. The van der Waals surface area contributed by atoms with Crippen LogP contribution in [0.25, 0.3) is 0 Å². The van der Waals surface area contributed by atoms with Crippen molar-refractivity contribution in [1.29, 1.82) is 0 Å². The molecular formula is C14H20F2N2O3. The van der Waals surface area contributed by atoms with Crippen molar-refractivity contribution in [3.8, 4) is 5.75 Å². The van der Waals surface area contributed by atoms with Crippen LogP contribution in [0, 0.1) is 0 Å². The fourth-order valence-electron chi connectivity index (χ4n) is 1.66. The van der Waals surface area contributed by atoms with Crippen LogP contribution in [0.3, 0.4) is 0 Å². The Labute approximate surface area is 122 Å². The average molecular weight is 302 g/mol. The summed E-state index contributed by atoms with van der Waals surface area (Å²) < 4.78 is 33.2. The number of hydrogen-bond donors (Lipinski definition) is 2. The highest BCUT2D eigenvalue weighted by Gasteiger charge is 2.09. The van der Waals surface area contributed by atoms with Crippen LogP contribution in [0.15, 0.2) is 24.3 Å². The fraction of sp³-hybridized carbons (Fsp3) is 0.500. The minimum absolute atomic E-state index is 0.0845. The molecule has 0 heterocycles. The van der Waals surface area contributed by atoms with E-state index in [0.717, 1.165) is 5.56 Å². The van der Waals surface area contributed by atoms with Gasteiger partial charge in [0.2, 0.25) is 5.91 Å². The first-order valence-corrected chi connectivity index (χ1v) is 6.56. The molecular weight excluding hydrogens is 282 g/mol. The van der Waals surface area contributed by atoms with E-state index in [1.807, 2.05) is 6.92 Å². The molecule has 118 valence electrons. The molecule has 0 spiro atoms. The first-order chi connectivity index (χ1) is 10.0. The van der Waals surface area contributed by atoms with Crippen LogP contribution in [0.1, 0.15) is 18.5 Å². The fourth-order valence-corrected chi connectivity index (χ4v) is 1.66. The molecule has 0 radical (unpaired) electrons. The molecule has 0 aliphatic carbocycles. The highest BCUT2D eigenvalue weighted by atomic mass is 19.3. The number of alkyl halides is 2. The Morgan fingerprint density at radius 2 is 1.95 bits per heavy atom. The molecule has 0 aromatic heterocycles. The van der Waals surface area contributed by atoms with Gasteiger partial charge in [0.15, 0.2) is 0 Å². The molecule has 1 aromatic rings. The zero-order valence-electron chi connectivity index (χ0n) is 12.1. The van der Waals surface area contributed by atoms with E-state index < -0.39 is 6.61 Å². The Hall–Kier alpha value is -1.73. The topological polar surface area (TPSA) is 59.6 Å². The summed E-state index contributed by atoms with van der Waals surface area (Å²) in [6, 6.07) is 6.21. The van der Waals surface area contributed by atoms with Crippen LogP contribution in [0.2, 0.25) is 0 Å². The largest absolute Gasteiger partial charge is 0.435 e. The van der Waals surface area contributed by atoms with Crippen LogP contribution in [-0.2, 0) is 9.53 Å². The van der Waals surface area contributed by atoms with Crippen molar-refractivity contribution in [2.75, 3.05) is 26.8 Å². The lowest BCUT2D eigenvalue weighted by molar-refractivity contribution is -0.120. The molecule has 1 rings (SSSR count). The highest BCUT2D eigenvalue weighted by molar-refractivity contribution is 5.78. The maximum absolute atomic E-state index is 12.0. The molecule has 0 saturated carbocycles. The van der Waals surface area contributed by atoms with Gasteiger partial charge in [-0.25, -0.2) is 0 Å². The Bertz CT molecular complexity index is 427. The molecule has 21 heavy (non-hydrogen) atoms. The second-order valence-corrected chi connectivity index (χ2v) is 4.39. The number of hydrogen-bond acceptors (Lipinski definition) is 4. The van der Waals surface area contributed by atoms with E-state index in [1.54, 1.807) is 19.2 Å². The Morgan fingerprint density at radius 3 is 2.52 bits per heavy atom. The van der Waals surface area contributed by atoms with Gasteiger partial charge in [-0.1, -0.05) is 12.1 Å². The third-order valence-corrected chi connectivity index (χ3v) is 2.80. The summed E-state index contributed by atoms with van der Waals surface area (Å²) in [6.07, 6.45) is 0. The van der Waals surface area contributed by atoms with Crippen molar-refractivity contribution in [1.82, 2.24) is 10.6 Å². The lowest BCUT2D eigenvalue weighted by Crippen LogP contribution is -2.36. The maximum atomic E-state index is 12.0. The number of methoxy groups -OCH3 is 1. The molecule has 1 amide bonds. The number of ether oxygens (including phenoxy) is 2. The summed E-state index contributed by atoms with van der Waals surface area (Å²) in [5.41, 5.74) is 0.876. The zero-order chi connectivity index (χ0) is 15.7. The first kappa shape index (κ1) is 17.3. The van der Waals surface area contributed by atoms with Crippen LogP contribution < -0.4 is 15.4 Å². The summed E-state index contributed by atoms with van der Waals surface area (Å²) in [5, 5.41) is 5.74. The van der Waals surface area contributed by atoms with Crippen molar-refractivity contribution < 1.29 is 23.0 Å². The van der Waals surface area contributed by atoms with E-state index in [4.69, 9.17) is 4.74 Å². The quantitative estimate of drug-likeness (QED) is 0.682. The highest BCUT2D eigenvalue weighted by Crippen LogP contribution is 2.18. The second kappa shape index (κ2) is 9.25. The van der Waals surface area contributed by atoms with Crippen molar-refractivity contribution >= 4 is 5.91 Å². The number of nitrogens with one attached hydrogen (secondary N) is 2. The van der Waals surface area contributed by atoms with Gasteiger partial charge in [0.05, 0.1) is 13.2 Å². The van der Waals surface area contributed by atoms with Crippen LogP contribution in [0.4, 0.5) is 8.78 Å². The summed E-state index contributed by atoms with van der Waals surface area (Å²) in [7, 11) is 1.56. The standard InChI is InChI=1S/C14H20F2N2O3/c1-10(18-9-13(19)17-7-8-20-2)11-3-5-12(6-4-11)21-14(15)16/h3-6,10,14,18H,7-9H2,1-2H3,(H,17,19). The van der Waals surface area contributed by atoms with E-state index in [-0.39, 0.29) is 24.2 Å². The van der Waals surface area contributed by atoms with Crippen molar-refractivity contribution in [2.24, 2.45) is 0 Å². The predicted octanol–water partition coefficient (Wildman–Crippen LogP) is 1.70. The zero-order valence-corrected chi connectivity index (χ0v) is 12.1. The SMILES string of the molecule is COCCNC(=O)CNC(C)c1ccc(OC(F)F)cc1. The lowest BCUT2D eigenvalue weighted by Gasteiger charge is -2.14. The Morgan fingerprint density at radius 1 is 1.29 bits per heavy atom. The summed E-state index contributed by atoms with van der Waals surface area (Å²) in [5.74, 6) is -0.0187. The molecule has 0 aliphatic rings. The Balaban J connectivity index is 2.37. The van der Waals surface area contributed by atoms with E-state index >= 15 is 0 Å². The van der Waals surface area contributed by atoms with Crippen molar-refractivity contribution in [2.45, 2.75) is 19.6 Å². The number of carbonyl (C=O) groups is 1. The summed E-state index contributed by atoms with van der Waals surface area (Å²) >= 11 is 0. The predicted molar refractivity (Wildman–Crippen MR) is 74.4 cm³/mol. The molecule has 1 unspecified atom stereocenters. The van der Waals surface area contributed by atoms with Gasteiger partial charge in [-0.15, -0.1) is 0 Å². The van der Waals surface area contributed by atoms with Crippen LogP contribution >= 0.6 is 0 Å². The van der Waals surface area contributed by atoms with E-state index in [9.17, 15) is 13.6 Å². The molecule has 1 aromatic carbocycles. The number of amides is 1. The van der Waals surface area contributed by atoms with Gasteiger partial charge >= 0.3 is 6.61 Å². The third kappa shape index (κ3) is 7.01. The van der Waals surface area contributed by atoms with E-state index in [2.05, 4.69) is 15.4 Å². The monoisotopic (exact) mass is 302 g/mol. The maximum Gasteiger partial charge on any atom is 0.387 e. The van der Waals surface area contributed by atoms with Gasteiger partial charge in [0.25, 0.3) is 0 Å². The average Bonchev–Trinajstić information content (AvgIpc) is 2.45. The Kier molecular flexibility index (Phi) is 7.63. The van der Waals surface area contributed by atoms with Gasteiger partial charge in [-0.2, -0.15) is 8.78 Å². The third-order valence-electron chi connectivity index (χ3n) is 2.80. The summed E-state index contributed by atoms with van der Waals surface area (Å²) in [4.78, 5) is 11.5. The summed E-state index contributed by atoms with van der Waals surface area (Å²) in [6.45, 7) is 0.144. The van der Waals surface area contributed by atoms with Crippen LogP contribution in [-0.4, -0.2) is 39.3 Å². The van der Waals surface area contributed by atoms with Gasteiger partial charge in [0, 0.05) is 19.7 Å². The van der Waals surface area contributed by atoms with E-state index in [0.29, 0.717) is 13.2 Å². The molecule has 5 nitrogen and oxygen atoms in total. The minimum atomic E-state index is -2.83. The van der Waals surface area contributed by atoms with E-state index in [1.165, 1.54) is 12.1 Å². The number of carbonyl (C=O) groups excluding carboxylic acids is 1.